The van der Waals surface area contributed by atoms with Crippen LogP contribution in [0.5, 0.6) is 5.75 Å². The van der Waals surface area contributed by atoms with Crippen LogP contribution in [0.4, 0.5) is 5.82 Å². The molecule has 5 heteroatoms. The molecule has 0 unspecified atom stereocenters. The summed E-state index contributed by atoms with van der Waals surface area (Å²) in [5.74, 6) is 1.05. The molecule has 0 atom stereocenters. The summed E-state index contributed by atoms with van der Waals surface area (Å²) in [4.78, 5) is 11.3. The average Bonchev–Trinajstić information content (AvgIpc) is 2.75. The Hall–Kier alpha value is -2.30. The SMILES string of the molecule is COc1ccccc1-c1nn(C(C)C)c(N)c1C=O. The Labute approximate surface area is 112 Å². The molecular formula is C14H17N3O2. The summed E-state index contributed by atoms with van der Waals surface area (Å²) in [6.45, 7) is 3.92. The maximum absolute atomic E-state index is 11.3. The van der Waals surface area contributed by atoms with Crippen LogP contribution in [0.1, 0.15) is 30.2 Å². The molecule has 0 aliphatic heterocycles. The molecule has 0 saturated carbocycles. The van der Waals surface area contributed by atoms with Crippen LogP contribution in [-0.4, -0.2) is 23.2 Å². The lowest BCUT2D eigenvalue weighted by molar-refractivity contribution is 0.112. The minimum Gasteiger partial charge on any atom is -0.496 e. The van der Waals surface area contributed by atoms with Gasteiger partial charge in [0.25, 0.3) is 0 Å². The van der Waals surface area contributed by atoms with E-state index in [0.717, 1.165) is 11.8 Å². The van der Waals surface area contributed by atoms with Crippen molar-refractivity contribution in [1.29, 1.82) is 0 Å². The zero-order valence-corrected chi connectivity index (χ0v) is 11.3. The van der Waals surface area contributed by atoms with Crippen molar-refractivity contribution in [2.24, 2.45) is 0 Å². The van der Waals surface area contributed by atoms with E-state index in [1.165, 1.54) is 0 Å². The second-order valence-electron chi connectivity index (χ2n) is 4.50. The third-order valence-electron chi connectivity index (χ3n) is 2.95. The van der Waals surface area contributed by atoms with Gasteiger partial charge in [0.2, 0.25) is 0 Å². The van der Waals surface area contributed by atoms with Crippen molar-refractivity contribution in [3.63, 3.8) is 0 Å². The molecule has 2 N–H and O–H groups in total. The highest BCUT2D eigenvalue weighted by molar-refractivity contribution is 5.92. The summed E-state index contributed by atoms with van der Waals surface area (Å²) >= 11 is 0. The predicted octanol–water partition coefficient (Wildman–Crippen LogP) is 2.53. The van der Waals surface area contributed by atoms with E-state index in [0.29, 0.717) is 22.8 Å². The average molecular weight is 259 g/mol. The molecule has 1 heterocycles. The molecule has 5 nitrogen and oxygen atoms in total. The topological polar surface area (TPSA) is 70.1 Å². The fourth-order valence-corrected chi connectivity index (χ4v) is 2.01. The number of benzene rings is 1. The largest absolute Gasteiger partial charge is 0.496 e. The van der Waals surface area contributed by atoms with Crippen LogP contribution in [0.3, 0.4) is 0 Å². The summed E-state index contributed by atoms with van der Waals surface area (Å²) in [6, 6.07) is 7.51. The highest BCUT2D eigenvalue weighted by atomic mass is 16.5. The maximum atomic E-state index is 11.3. The van der Waals surface area contributed by atoms with Gasteiger partial charge in [0.05, 0.1) is 12.7 Å². The Balaban J connectivity index is 2.68. The summed E-state index contributed by atoms with van der Waals surface area (Å²) in [7, 11) is 1.59. The number of hydrogen-bond acceptors (Lipinski definition) is 4. The van der Waals surface area contributed by atoms with Crippen molar-refractivity contribution in [3.8, 4) is 17.0 Å². The van der Waals surface area contributed by atoms with Crippen molar-refractivity contribution >= 4 is 12.1 Å². The number of aromatic nitrogens is 2. The quantitative estimate of drug-likeness (QED) is 0.856. The Morgan fingerprint density at radius 2 is 2.05 bits per heavy atom. The van der Waals surface area contributed by atoms with Crippen LogP contribution < -0.4 is 10.5 Å². The molecule has 0 radical (unpaired) electrons. The summed E-state index contributed by atoms with van der Waals surface area (Å²) in [5, 5.41) is 4.44. The smallest absolute Gasteiger partial charge is 0.156 e. The van der Waals surface area contributed by atoms with Gasteiger partial charge >= 0.3 is 0 Å². The summed E-state index contributed by atoms with van der Waals surface area (Å²) in [5.41, 5.74) is 7.69. The van der Waals surface area contributed by atoms with Gasteiger partial charge in [0, 0.05) is 11.6 Å². The first-order valence-corrected chi connectivity index (χ1v) is 6.06. The number of anilines is 1. The van der Waals surface area contributed by atoms with Gasteiger partial charge in [-0.05, 0) is 26.0 Å². The number of nitrogens with two attached hydrogens (primary N) is 1. The lowest BCUT2D eigenvalue weighted by Crippen LogP contribution is -2.07. The Morgan fingerprint density at radius 3 is 2.63 bits per heavy atom. The Kier molecular flexibility index (Phi) is 3.55. The van der Waals surface area contributed by atoms with Crippen LogP contribution in [0.25, 0.3) is 11.3 Å². The minimum absolute atomic E-state index is 0.0853. The van der Waals surface area contributed by atoms with Crippen LogP contribution in [0, 0.1) is 0 Å². The normalized spacial score (nSPS) is 10.7. The van der Waals surface area contributed by atoms with Crippen molar-refractivity contribution in [3.05, 3.63) is 29.8 Å². The van der Waals surface area contributed by atoms with Crippen LogP contribution in [0.15, 0.2) is 24.3 Å². The monoisotopic (exact) mass is 259 g/mol. The first-order valence-electron chi connectivity index (χ1n) is 6.06. The molecule has 19 heavy (non-hydrogen) atoms. The minimum atomic E-state index is 0.0853. The first kappa shape index (κ1) is 13.1. The van der Waals surface area contributed by atoms with Gasteiger partial charge in [0.1, 0.15) is 17.3 Å². The third kappa shape index (κ3) is 2.19. The highest BCUT2D eigenvalue weighted by Gasteiger charge is 2.20. The molecule has 0 aliphatic rings. The van der Waals surface area contributed by atoms with E-state index in [1.807, 2.05) is 38.1 Å². The van der Waals surface area contributed by atoms with Gasteiger partial charge < -0.3 is 10.5 Å². The van der Waals surface area contributed by atoms with Gasteiger partial charge in [-0.15, -0.1) is 0 Å². The molecule has 100 valence electrons. The number of aldehydes is 1. The second kappa shape index (κ2) is 5.14. The zero-order chi connectivity index (χ0) is 14.0. The van der Waals surface area contributed by atoms with Gasteiger partial charge in [-0.25, -0.2) is 4.68 Å². The Morgan fingerprint density at radius 1 is 1.37 bits per heavy atom. The van der Waals surface area contributed by atoms with E-state index in [2.05, 4.69) is 5.10 Å². The van der Waals surface area contributed by atoms with E-state index in [9.17, 15) is 4.79 Å². The lowest BCUT2D eigenvalue weighted by atomic mass is 10.1. The molecular weight excluding hydrogens is 242 g/mol. The van der Waals surface area contributed by atoms with Gasteiger partial charge in [-0.3, -0.25) is 4.79 Å². The van der Waals surface area contributed by atoms with E-state index in [4.69, 9.17) is 10.5 Å². The number of ether oxygens (including phenoxy) is 1. The maximum Gasteiger partial charge on any atom is 0.156 e. The van der Waals surface area contributed by atoms with Crippen LogP contribution in [-0.2, 0) is 0 Å². The molecule has 0 bridgehead atoms. The summed E-state index contributed by atoms with van der Waals surface area (Å²) in [6.07, 6.45) is 0.739. The van der Waals surface area contributed by atoms with Crippen molar-refractivity contribution in [1.82, 2.24) is 9.78 Å². The molecule has 0 fully saturated rings. The van der Waals surface area contributed by atoms with Gasteiger partial charge in [-0.1, -0.05) is 12.1 Å². The molecule has 0 amide bonds. The fourth-order valence-electron chi connectivity index (χ4n) is 2.01. The molecule has 0 aliphatic carbocycles. The zero-order valence-electron chi connectivity index (χ0n) is 11.3. The third-order valence-corrected chi connectivity index (χ3v) is 2.95. The molecule has 2 rings (SSSR count). The summed E-state index contributed by atoms with van der Waals surface area (Å²) < 4.78 is 6.95. The second-order valence-corrected chi connectivity index (χ2v) is 4.50. The van der Waals surface area contributed by atoms with E-state index < -0.39 is 0 Å². The number of hydrogen-bond donors (Lipinski definition) is 1. The fraction of sp³-hybridized carbons (Fsp3) is 0.286. The number of rotatable bonds is 4. The molecule has 0 spiro atoms. The molecule has 1 aromatic heterocycles. The Bertz CT molecular complexity index is 603. The number of methoxy groups -OCH3 is 1. The highest BCUT2D eigenvalue weighted by Crippen LogP contribution is 2.33. The van der Waals surface area contributed by atoms with Crippen LogP contribution in [0.2, 0.25) is 0 Å². The number of carbonyl (C=O) groups excluding carboxylic acids is 1. The molecule has 2 aromatic rings. The lowest BCUT2D eigenvalue weighted by Gasteiger charge is -2.07. The van der Waals surface area contributed by atoms with E-state index in [-0.39, 0.29) is 6.04 Å². The number of nitrogens with zero attached hydrogens (tertiary/aromatic N) is 2. The number of para-hydroxylation sites is 1. The predicted molar refractivity (Wildman–Crippen MR) is 74.4 cm³/mol. The van der Waals surface area contributed by atoms with E-state index >= 15 is 0 Å². The molecule has 1 aromatic carbocycles. The van der Waals surface area contributed by atoms with Crippen molar-refractivity contribution in [2.75, 3.05) is 12.8 Å². The van der Waals surface area contributed by atoms with Gasteiger partial charge in [0.15, 0.2) is 6.29 Å². The number of carbonyl (C=O) groups is 1. The van der Waals surface area contributed by atoms with Crippen molar-refractivity contribution < 1.29 is 9.53 Å². The van der Waals surface area contributed by atoms with Crippen molar-refractivity contribution in [2.45, 2.75) is 19.9 Å². The first-order chi connectivity index (χ1) is 9.10. The van der Waals surface area contributed by atoms with Gasteiger partial charge in [-0.2, -0.15) is 5.10 Å². The molecule has 0 saturated heterocycles. The van der Waals surface area contributed by atoms with E-state index in [1.54, 1.807) is 11.8 Å². The standard InChI is InChI=1S/C14H17N3O2/c1-9(2)17-14(15)11(8-18)13(16-17)10-6-4-5-7-12(10)19-3/h4-9H,15H2,1-3H3. The number of nitrogen functional groups attached to an aromatic ring is 1. The van der Waals surface area contributed by atoms with Crippen LogP contribution >= 0.6 is 0 Å².